The number of rotatable bonds is 5. The summed E-state index contributed by atoms with van der Waals surface area (Å²) in [4.78, 5) is 23.7. The van der Waals surface area contributed by atoms with Gasteiger partial charge < -0.3 is 20.2 Å². The van der Waals surface area contributed by atoms with E-state index in [1.807, 2.05) is 0 Å². The first kappa shape index (κ1) is 17.0. The van der Waals surface area contributed by atoms with E-state index in [0.717, 1.165) is 31.9 Å². The van der Waals surface area contributed by atoms with Crippen LogP contribution in [0.3, 0.4) is 0 Å². The van der Waals surface area contributed by atoms with Gasteiger partial charge in [0.05, 0.1) is 18.5 Å². The van der Waals surface area contributed by atoms with E-state index in [2.05, 4.69) is 19.8 Å². The molecule has 3 heterocycles. The highest BCUT2D eigenvalue weighted by molar-refractivity contribution is 8.14. The number of carbonyl (C=O) groups is 1. The zero-order valence-corrected chi connectivity index (χ0v) is 13.9. The molecule has 130 valence electrons. The molecule has 1 aromatic heterocycles. The number of aromatic nitrogens is 1. The molecule has 1 aromatic rings. The molecule has 9 heteroatoms. The number of aliphatic imine (C=N–C) groups is 1. The van der Waals surface area contributed by atoms with Gasteiger partial charge in [-0.1, -0.05) is 0 Å². The number of carboxylic acid groups (broad SMARTS) is 1. The molecule has 0 unspecified atom stereocenters. The van der Waals surface area contributed by atoms with Crippen LogP contribution in [0, 0.1) is 0 Å². The molecule has 8 nitrogen and oxygen atoms in total. The van der Waals surface area contributed by atoms with Crippen LogP contribution in [-0.4, -0.2) is 87.3 Å². The van der Waals surface area contributed by atoms with Gasteiger partial charge in [-0.2, -0.15) is 0 Å². The fourth-order valence-electron chi connectivity index (χ4n) is 2.78. The Labute approximate surface area is 143 Å². The predicted octanol–water partition coefficient (Wildman–Crippen LogP) is -0.152. The van der Waals surface area contributed by atoms with Crippen LogP contribution in [-0.2, 0) is 4.79 Å². The Bertz CT molecular complexity index is 646. The van der Waals surface area contributed by atoms with E-state index in [0.29, 0.717) is 23.0 Å². The van der Waals surface area contributed by atoms with Crippen molar-refractivity contribution >= 4 is 28.5 Å². The quantitative estimate of drug-likeness (QED) is 0.671. The van der Waals surface area contributed by atoms with E-state index in [1.54, 1.807) is 12.3 Å². The number of aromatic hydroxyl groups is 1. The average molecular weight is 352 g/mol. The zero-order valence-electron chi connectivity index (χ0n) is 13.1. The van der Waals surface area contributed by atoms with Gasteiger partial charge in [0.15, 0.2) is 6.04 Å². The maximum atomic E-state index is 11.0. The number of hydrogen-bond acceptors (Lipinski definition) is 8. The van der Waals surface area contributed by atoms with Gasteiger partial charge in [0.2, 0.25) is 0 Å². The van der Waals surface area contributed by atoms with Crippen molar-refractivity contribution in [3.05, 3.63) is 18.0 Å². The number of thioether (sulfide) groups is 1. The lowest BCUT2D eigenvalue weighted by Gasteiger charge is -2.35. The summed E-state index contributed by atoms with van der Waals surface area (Å²) in [6, 6.07) is 0.881. The highest BCUT2D eigenvalue weighted by Gasteiger charge is 2.27. The van der Waals surface area contributed by atoms with Crippen LogP contribution in [0.15, 0.2) is 17.3 Å². The monoisotopic (exact) mass is 352 g/mol. The van der Waals surface area contributed by atoms with Crippen LogP contribution in [0.5, 0.6) is 5.75 Å². The molecule has 0 radical (unpaired) electrons. The van der Waals surface area contributed by atoms with Crippen molar-refractivity contribution in [1.29, 1.82) is 0 Å². The normalized spacial score (nSPS) is 21.8. The summed E-state index contributed by atoms with van der Waals surface area (Å²) in [6.45, 7) is 4.15. The molecule has 3 rings (SSSR count). The lowest BCUT2D eigenvalue weighted by Crippen LogP contribution is -2.47. The first-order valence-electron chi connectivity index (χ1n) is 7.79. The van der Waals surface area contributed by atoms with Gasteiger partial charge in [0.1, 0.15) is 16.5 Å². The Morgan fingerprint density at radius 3 is 2.67 bits per heavy atom. The minimum Gasteiger partial charge on any atom is -0.506 e. The maximum Gasteiger partial charge on any atom is 0.329 e. The maximum absolute atomic E-state index is 11.0. The van der Waals surface area contributed by atoms with Crippen molar-refractivity contribution in [2.75, 3.05) is 50.0 Å². The lowest BCUT2D eigenvalue weighted by molar-refractivity contribution is -0.137. The molecule has 0 aliphatic carbocycles. The Kier molecular flexibility index (Phi) is 5.22. The number of piperazine rings is 1. The Balaban J connectivity index is 1.70. The molecule has 2 aliphatic heterocycles. The fourth-order valence-corrected chi connectivity index (χ4v) is 3.81. The van der Waals surface area contributed by atoms with E-state index in [9.17, 15) is 9.90 Å². The van der Waals surface area contributed by atoms with Crippen molar-refractivity contribution < 1.29 is 20.1 Å². The Hall–Kier alpha value is -1.84. The number of anilines is 1. The van der Waals surface area contributed by atoms with Crippen molar-refractivity contribution in [3.8, 4) is 5.75 Å². The number of pyridine rings is 1. The van der Waals surface area contributed by atoms with Gasteiger partial charge in [-0.3, -0.25) is 9.89 Å². The second-order valence-corrected chi connectivity index (χ2v) is 6.72. The summed E-state index contributed by atoms with van der Waals surface area (Å²) in [5.74, 6) is -0.586. The largest absolute Gasteiger partial charge is 0.506 e. The summed E-state index contributed by atoms with van der Waals surface area (Å²) in [5.41, 5.74) is 1.17. The summed E-state index contributed by atoms with van der Waals surface area (Å²) < 4.78 is 0. The van der Waals surface area contributed by atoms with Crippen LogP contribution in [0.2, 0.25) is 0 Å². The first-order chi connectivity index (χ1) is 11.6. The van der Waals surface area contributed by atoms with E-state index >= 15 is 0 Å². The third-order valence-corrected chi connectivity index (χ3v) is 5.20. The number of carboxylic acids is 1. The molecule has 0 bridgehead atoms. The number of hydrogen-bond donors (Lipinski definition) is 3. The molecular formula is C15H20N4O4S. The summed E-state index contributed by atoms with van der Waals surface area (Å²) in [6.07, 6.45) is 1.69. The fraction of sp³-hybridized carbons (Fsp3) is 0.533. The zero-order chi connectivity index (χ0) is 17.1. The molecule has 0 aromatic carbocycles. The minimum absolute atomic E-state index is 0.0163. The van der Waals surface area contributed by atoms with E-state index in [-0.39, 0.29) is 12.4 Å². The Morgan fingerprint density at radius 1 is 1.33 bits per heavy atom. The van der Waals surface area contributed by atoms with Gasteiger partial charge in [0.25, 0.3) is 0 Å². The first-order valence-corrected chi connectivity index (χ1v) is 8.78. The third-order valence-electron chi connectivity index (χ3n) is 4.15. The van der Waals surface area contributed by atoms with Crippen LogP contribution >= 0.6 is 11.8 Å². The van der Waals surface area contributed by atoms with E-state index in [1.165, 1.54) is 11.8 Å². The molecule has 0 amide bonds. The molecule has 0 spiro atoms. The molecular weight excluding hydrogens is 332 g/mol. The molecule has 24 heavy (non-hydrogen) atoms. The lowest BCUT2D eigenvalue weighted by atomic mass is 10.2. The average Bonchev–Trinajstić information content (AvgIpc) is 3.06. The van der Waals surface area contributed by atoms with Gasteiger partial charge in [-0.05, 0) is 0 Å². The molecule has 0 saturated carbocycles. The smallest absolute Gasteiger partial charge is 0.329 e. The summed E-state index contributed by atoms with van der Waals surface area (Å²) >= 11 is 1.30. The van der Waals surface area contributed by atoms with E-state index < -0.39 is 12.0 Å². The highest BCUT2D eigenvalue weighted by Crippen LogP contribution is 2.30. The summed E-state index contributed by atoms with van der Waals surface area (Å²) in [7, 11) is 0. The van der Waals surface area contributed by atoms with Crippen LogP contribution in [0.25, 0.3) is 0 Å². The van der Waals surface area contributed by atoms with E-state index in [4.69, 9.17) is 10.2 Å². The minimum atomic E-state index is -0.964. The van der Waals surface area contributed by atoms with Gasteiger partial charge in [-0.15, -0.1) is 11.8 Å². The predicted molar refractivity (Wildman–Crippen MR) is 92.1 cm³/mol. The van der Waals surface area contributed by atoms with Crippen molar-refractivity contribution in [2.45, 2.75) is 6.04 Å². The number of aliphatic carboxylic acids is 1. The van der Waals surface area contributed by atoms with Crippen molar-refractivity contribution in [2.24, 2.45) is 4.99 Å². The standard InChI is InChI=1S/C15H20N4O4S/c20-6-5-18-1-3-19(4-2-18)10-7-12(21)13(16-8-10)14-17-11(9-24-14)15(22)23/h7-8,11,20-21H,1-6,9H2,(H,22,23)/t11-/m1/s1. The number of β-amino-alcohol motifs (C(OH)–C–C–N with tert-alkyl or cyclic N) is 1. The molecule has 1 saturated heterocycles. The van der Waals surface area contributed by atoms with Crippen LogP contribution in [0.1, 0.15) is 5.69 Å². The Morgan fingerprint density at radius 2 is 2.08 bits per heavy atom. The summed E-state index contributed by atoms with van der Waals surface area (Å²) in [5, 5.41) is 28.7. The number of aliphatic hydroxyl groups excluding tert-OH is 1. The number of aliphatic hydroxyl groups is 1. The molecule has 3 N–H and O–H groups in total. The van der Waals surface area contributed by atoms with Crippen LogP contribution < -0.4 is 4.90 Å². The third kappa shape index (κ3) is 3.63. The molecule has 1 fully saturated rings. The molecule has 1 atom stereocenters. The van der Waals surface area contributed by atoms with Crippen molar-refractivity contribution in [1.82, 2.24) is 9.88 Å². The van der Waals surface area contributed by atoms with Gasteiger partial charge in [0, 0.05) is 44.5 Å². The van der Waals surface area contributed by atoms with Crippen LogP contribution in [0.4, 0.5) is 5.69 Å². The molecule has 2 aliphatic rings. The second kappa shape index (κ2) is 7.37. The second-order valence-electron chi connectivity index (χ2n) is 5.71. The number of nitrogens with zero attached hydrogens (tertiary/aromatic N) is 4. The SMILES string of the molecule is O=C(O)[C@H]1CSC(c2ncc(N3CCN(CCO)CC3)cc2O)=N1. The van der Waals surface area contributed by atoms with Crippen molar-refractivity contribution in [3.63, 3.8) is 0 Å². The van der Waals surface area contributed by atoms with Gasteiger partial charge >= 0.3 is 5.97 Å². The van der Waals surface area contributed by atoms with Gasteiger partial charge in [-0.25, -0.2) is 9.78 Å². The topological polar surface area (TPSA) is 109 Å². The highest BCUT2D eigenvalue weighted by atomic mass is 32.2.